The van der Waals surface area contributed by atoms with Gasteiger partial charge in [0.2, 0.25) is 0 Å². The van der Waals surface area contributed by atoms with Gasteiger partial charge in [-0.05, 0) is 30.7 Å². The van der Waals surface area contributed by atoms with Crippen LogP contribution in [0.25, 0.3) is 0 Å². The molecule has 0 spiro atoms. The third-order valence-electron chi connectivity index (χ3n) is 3.09. The number of ether oxygens (including phenoxy) is 1. The van der Waals surface area contributed by atoms with Crippen molar-refractivity contribution in [2.24, 2.45) is 0 Å². The maximum absolute atomic E-state index is 12.4. The average Bonchev–Trinajstić information content (AvgIpc) is 2.48. The van der Waals surface area contributed by atoms with E-state index in [0.717, 1.165) is 5.56 Å². The topological polar surface area (TPSA) is 50.4 Å². The van der Waals surface area contributed by atoms with E-state index in [1.165, 1.54) is 18.2 Å². The van der Waals surface area contributed by atoms with Crippen molar-refractivity contribution in [2.75, 3.05) is 5.32 Å². The highest BCUT2D eigenvalue weighted by molar-refractivity contribution is 6.31. The van der Waals surface area contributed by atoms with Crippen molar-refractivity contribution >= 4 is 23.3 Å². The van der Waals surface area contributed by atoms with Crippen molar-refractivity contribution in [3.05, 3.63) is 58.6 Å². The first-order chi connectivity index (χ1) is 11.2. The van der Waals surface area contributed by atoms with E-state index in [9.17, 15) is 18.0 Å². The summed E-state index contributed by atoms with van der Waals surface area (Å²) < 4.78 is 41.0. The van der Waals surface area contributed by atoms with Crippen LogP contribution in [0.3, 0.4) is 0 Å². The number of benzene rings is 2. The van der Waals surface area contributed by atoms with Crippen LogP contribution < -0.4 is 15.4 Å². The second-order valence-electron chi connectivity index (χ2n) is 4.92. The smallest absolute Gasteiger partial charge is 0.405 e. The third kappa shape index (κ3) is 5.34. The Bertz CT molecular complexity index is 736. The van der Waals surface area contributed by atoms with Crippen LogP contribution in [-0.2, 0) is 6.54 Å². The molecule has 128 valence electrons. The number of para-hydroxylation sites is 1. The highest BCUT2D eigenvalue weighted by atomic mass is 35.5. The fourth-order valence-corrected chi connectivity index (χ4v) is 2.12. The number of carbonyl (C=O) groups excluding carboxylic acids is 1. The van der Waals surface area contributed by atoms with Crippen LogP contribution in [0.4, 0.5) is 23.7 Å². The molecule has 0 saturated heterocycles. The molecule has 4 nitrogen and oxygen atoms in total. The second-order valence-corrected chi connectivity index (χ2v) is 5.36. The van der Waals surface area contributed by atoms with Crippen LogP contribution in [0.5, 0.6) is 5.75 Å². The first-order valence-electron chi connectivity index (χ1n) is 6.89. The highest BCUT2D eigenvalue weighted by Gasteiger charge is 2.31. The van der Waals surface area contributed by atoms with E-state index < -0.39 is 12.4 Å². The number of hydrogen-bond donors (Lipinski definition) is 2. The van der Waals surface area contributed by atoms with Gasteiger partial charge in [0.05, 0.1) is 0 Å². The standard InChI is InChI=1S/C16H14ClF3N2O2/c1-10-6-7-12(17)8-13(10)22-15(23)21-9-11-4-2-3-5-14(11)24-16(18,19)20/h2-8H,9H2,1H3,(H2,21,22,23). The molecular weight excluding hydrogens is 345 g/mol. The van der Waals surface area contributed by atoms with Crippen molar-refractivity contribution in [2.45, 2.75) is 19.8 Å². The summed E-state index contributed by atoms with van der Waals surface area (Å²) in [5, 5.41) is 5.53. The van der Waals surface area contributed by atoms with Gasteiger partial charge in [-0.25, -0.2) is 4.79 Å². The summed E-state index contributed by atoms with van der Waals surface area (Å²) in [4.78, 5) is 11.9. The monoisotopic (exact) mass is 358 g/mol. The summed E-state index contributed by atoms with van der Waals surface area (Å²) in [6, 6.07) is 10.0. The molecule has 0 aliphatic heterocycles. The van der Waals surface area contributed by atoms with Crippen LogP contribution in [0.2, 0.25) is 5.02 Å². The largest absolute Gasteiger partial charge is 0.573 e. The molecular formula is C16H14ClF3N2O2. The lowest BCUT2D eigenvalue weighted by Gasteiger charge is -2.14. The lowest BCUT2D eigenvalue weighted by atomic mass is 10.2. The fraction of sp³-hybridized carbons (Fsp3) is 0.188. The molecule has 2 aromatic carbocycles. The van der Waals surface area contributed by atoms with E-state index in [4.69, 9.17) is 11.6 Å². The number of alkyl halides is 3. The molecule has 0 aliphatic rings. The molecule has 2 rings (SSSR count). The minimum absolute atomic E-state index is 0.127. The Kier molecular flexibility index (Phi) is 5.56. The van der Waals surface area contributed by atoms with E-state index in [-0.39, 0.29) is 17.9 Å². The first-order valence-corrected chi connectivity index (χ1v) is 7.27. The summed E-state index contributed by atoms with van der Waals surface area (Å²) in [5.74, 6) is -0.357. The predicted octanol–water partition coefficient (Wildman–Crippen LogP) is 4.87. The fourth-order valence-electron chi connectivity index (χ4n) is 1.95. The molecule has 24 heavy (non-hydrogen) atoms. The molecule has 0 aromatic heterocycles. The van der Waals surface area contributed by atoms with Gasteiger partial charge in [0.15, 0.2) is 0 Å². The number of urea groups is 1. The third-order valence-corrected chi connectivity index (χ3v) is 3.32. The van der Waals surface area contributed by atoms with Gasteiger partial charge in [-0.1, -0.05) is 35.9 Å². The maximum Gasteiger partial charge on any atom is 0.573 e. The highest BCUT2D eigenvalue weighted by Crippen LogP contribution is 2.26. The number of anilines is 1. The zero-order valence-corrected chi connectivity index (χ0v) is 13.3. The lowest BCUT2D eigenvalue weighted by molar-refractivity contribution is -0.274. The molecule has 0 saturated carbocycles. The van der Waals surface area contributed by atoms with Crippen LogP contribution in [0.15, 0.2) is 42.5 Å². The summed E-state index contributed by atoms with van der Waals surface area (Å²) >= 11 is 5.86. The number of aryl methyl sites for hydroxylation is 1. The molecule has 8 heteroatoms. The van der Waals surface area contributed by atoms with Crippen molar-refractivity contribution < 1.29 is 22.7 Å². The van der Waals surface area contributed by atoms with Gasteiger partial charge in [-0.3, -0.25) is 0 Å². The van der Waals surface area contributed by atoms with Crippen molar-refractivity contribution in [1.82, 2.24) is 5.32 Å². The quantitative estimate of drug-likeness (QED) is 0.819. The van der Waals surface area contributed by atoms with Crippen LogP contribution >= 0.6 is 11.6 Å². The molecule has 0 aliphatic carbocycles. The number of amides is 2. The van der Waals surface area contributed by atoms with Crippen molar-refractivity contribution in [1.29, 1.82) is 0 Å². The van der Waals surface area contributed by atoms with Crippen LogP contribution in [0.1, 0.15) is 11.1 Å². The second kappa shape index (κ2) is 7.44. The van der Waals surface area contributed by atoms with Gasteiger partial charge in [-0.15, -0.1) is 13.2 Å². The minimum atomic E-state index is -4.80. The van der Waals surface area contributed by atoms with Gasteiger partial charge in [0.1, 0.15) is 5.75 Å². The number of rotatable bonds is 4. The number of halogens is 4. The Morgan fingerprint density at radius 2 is 1.92 bits per heavy atom. The first kappa shape index (κ1) is 17.9. The maximum atomic E-state index is 12.4. The van der Waals surface area contributed by atoms with Crippen LogP contribution in [0, 0.1) is 6.92 Å². The Labute approximate surface area is 141 Å². The summed E-state index contributed by atoms with van der Waals surface area (Å²) in [6.07, 6.45) is -4.80. The molecule has 0 atom stereocenters. The van der Waals surface area contributed by atoms with E-state index in [1.54, 1.807) is 31.2 Å². The van der Waals surface area contributed by atoms with E-state index in [1.807, 2.05) is 0 Å². The van der Waals surface area contributed by atoms with Crippen LogP contribution in [-0.4, -0.2) is 12.4 Å². The SMILES string of the molecule is Cc1ccc(Cl)cc1NC(=O)NCc1ccccc1OC(F)(F)F. The Hall–Kier alpha value is -2.41. The van der Waals surface area contributed by atoms with Gasteiger partial charge < -0.3 is 15.4 Å². The van der Waals surface area contributed by atoms with E-state index in [2.05, 4.69) is 15.4 Å². The van der Waals surface area contributed by atoms with Gasteiger partial charge in [0, 0.05) is 22.8 Å². The summed E-state index contributed by atoms with van der Waals surface area (Å²) in [7, 11) is 0. The van der Waals surface area contributed by atoms with Gasteiger partial charge in [0.25, 0.3) is 0 Å². The number of hydrogen-bond acceptors (Lipinski definition) is 2. The molecule has 0 unspecified atom stereocenters. The molecule has 0 fully saturated rings. The zero-order chi connectivity index (χ0) is 17.7. The van der Waals surface area contributed by atoms with Gasteiger partial charge >= 0.3 is 12.4 Å². The average molecular weight is 359 g/mol. The normalized spacial score (nSPS) is 11.0. The lowest BCUT2D eigenvalue weighted by Crippen LogP contribution is -2.29. The van der Waals surface area contributed by atoms with E-state index >= 15 is 0 Å². The molecule has 2 aromatic rings. The Morgan fingerprint density at radius 1 is 1.21 bits per heavy atom. The van der Waals surface area contributed by atoms with Gasteiger partial charge in [-0.2, -0.15) is 0 Å². The predicted molar refractivity (Wildman–Crippen MR) is 85.2 cm³/mol. The summed E-state index contributed by atoms with van der Waals surface area (Å²) in [6.45, 7) is 1.66. The molecule has 0 radical (unpaired) electrons. The van der Waals surface area contributed by atoms with E-state index in [0.29, 0.717) is 10.7 Å². The molecule has 2 N–H and O–H groups in total. The minimum Gasteiger partial charge on any atom is -0.405 e. The molecule has 0 heterocycles. The molecule has 2 amide bonds. The Balaban J connectivity index is 2.01. The molecule has 0 bridgehead atoms. The Morgan fingerprint density at radius 3 is 2.62 bits per heavy atom. The van der Waals surface area contributed by atoms with Crippen molar-refractivity contribution in [3.8, 4) is 5.75 Å². The number of carbonyl (C=O) groups is 1. The van der Waals surface area contributed by atoms with Crippen molar-refractivity contribution in [3.63, 3.8) is 0 Å². The zero-order valence-electron chi connectivity index (χ0n) is 12.6. The summed E-state index contributed by atoms with van der Waals surface area (Å²) in [5.41, 5.74) is 1.52. The number of nitrogens with one attached hydrogen (secondary N) is 2.